The van der Waals surface area contributed by atoms with Gasteiger partial charge in [-0.2, -0.15) is 0 Å². The van der Waals surface area contributed by atoms with Crippen LogP contribution in [0.2, 0.25) is 5.02 Å². The molecule has 2 rings (SSSR count). The zero-order chi connectivity index (χ0) is 11.5. The van der Waals surface area contributed by atoms with Crippen LogP contribution in [-0.4, -0.2) is 7.11 Å². The molecule has 2 nitrogen and oxygen atoms in total. The Kier molecular flexibility index (Phi) is 3.72. The lowest BCUT2D eigenvalue weighted by Gasteiger charge is -2.16. The van der Waals surface area contributed by atoms with Gasteiger partial charge in [-0.3, -0.25) is 0 Å². The molecule has 0 radical (unpaired) electrons. The fourth-order valence-corrected chi connectivity index (χ4v) is 2.87. The minimum absolute atomic E-state index is 0.506. The van der Waals surface area contributed by atoms with Crippen LogP contribution in [0, 0.1) is 0 Å². The number of fused-ring (bicyclic) bond motifs is 1. The number of benzene rings is 1. The average Bonchev–Trinajstić information content (AvgIpc) is 2.52. The molecule has 0 heterocycles. The molecule has 0 unspecified atom stereocenters. The van der Waals surface area contributed by atoms with Gasteiger partial charge in [0, 0.05) is 12.1 Å². The highest BCUT2D eigenvalue weighted by molar-refractivity contribution is 6.32. The van der Waals surface area contributed by atoms with E-state index in [1.807, 2.05) is 0 Å². The zero-order valence-corrected chi connectivity index (χ0v) is 10.4. The molecular formula is C13H18ClNO. The minimum atomic E-state index is 0.506. The fraction of sp³-hybridized carbons (Fsp3) is 0.538. The van der Waals surface area contributed by atoms with E-state index in [0.717, 1.165) is 24.2 Å². The Morgan fingerprint density at radius 2 is 2.06 bits per heavy atom. The van der Waals surface area contributed by atoms with E-state index in [4.69, 9.17) is 22.1 Å². The molecule has 0 saturated carbocycles. The summed E-state index contributed by atoms with van der Waals surface area (Å²) in [6.07, 6.45) is 6.00. The molecule has 1 aromatic carbocycles. The van der Waals surface area contributed by atoms with Gasteiger partial charge in [-0.1, -0.05) is 18.0 Å². The Labute approximate surface area is 102 Å². The molecule has 0 aliphatic heterocycles. The Bertz CT molecular complexity index is 390. The highest BCUT2D eigenvalue weighted by Gasteiger charge is 2.18. The first kappa shape index (κ1) is 11.7. The molecule has 88 valence electrons. The maximum absolute atomic E-state index is 6.22. The Balaban J connectivity index is 2.56. The first-order valence-electron chi connectivity index (χ1n) is 5.85. The maximum atomic E-state index is 6.22. The van der Waals surface area contributed by atoms with Crippen molar-refractivity contribution < 1.29 is 4.74 Å². The van der Waals surface area contributed by atoms with E-state index >= 15 is 0 Å². The van der Waals surface area contributed by atoms with E-state index < -0.39 is 0 Å². The number of hydrogen-bond donors (Lipinski definition) is 1. The molecule has 0 saturated heterocycles. The minimum Gasteiger partial charge on any atom is -0.495 e. The molecule has 0 amide bonds. The van der Waals surface area contributed by atoms with Crippen molar-refractivity contribution >= 4 is 11.6 Å². The van der Waals surface area contributed by atoms with Gasteiger partial charge in [-0.05, 0) is 42.9 Å². The molecular weight excluding hydrogens is 222 g/mol. The molecule has 0 bridgehead atoms. The number of aryl methyl sites for hydroxylation is 1. The number of rotatable bonds is 2. The van der Waals surface area contributed by atoms with Gasteiger partial charge in [-0.25, -0.2) is 0 Å². The monoisotopic (exact) mass is 239 g/mol. The van der Waals surface area contributed by atoms with Crippen LogP contribution in [0.25, 0.3) is 0 Å². The van der Waals surface area contributed by atoms with Crippen LogP contribution in [0.3, 0.4) is 0 Å². The molecule has 16 heavy (non-hydrogen) atoms. The predicted molar refractivity (Wildman–Crippen MR) is 67.2 cm³/mol. The summed E-state index contributed by atoms with van der Waals surface area (Å²) in [5.41, 5.74) is 9.68. The molecule has 1 aliphatic carbocycles. The third kappa shape index (κ3) is 2.04. The number of halogens is 1. The lowest BCUT2D eigenvalue weighted by atomic mass is 9.96. The Morgan fingerprint density at radius 3 is 2.75 bits per heavy atom. The highest BCUT2D eigenvalue weighted by atomic mass is 35.5. The van der Waals surface area contributed by atoms with Crippen LogP contribution in [0.15, 0.2) is 6.07 Å². The van der Waals surface area contributed by atoms with Crippen molar-refractivity contribution in [1.29, 1.82) is 0 Å². The number of methoxy groups -OCH3 is 1. The predicted octanol–water partition coefficient (Wildman–Crippen LogP) is 3.08. The summed E-state index contributed by atoms with van der Waals surface area (Å²) >= 11 is 6.22. The molecule has 1 aliphatic rings. The van der Waals surface area contributed by atoms with Crippen LogP contribution < -0.4 is 10.5 Å². The van der Waals surface area contributed by atoms with Crippen molar-refractivity contribution in [2.24, 2.45) is 5.73 Å². The van der Waals surface area contributed by atoms with E-state index in [1.165, 1.54) is 30.4 Å². The first-order valence-corrected chi connectivity index (χ1v) is 6.23. The second-order valence-electron chi connectivity index (χ2n) is 4.27. The maximum Gasteiger partial charge on any atom is 0.142 e. The summed E-state index contributed by atoms with van der Waals surface area (Å²) in [6.45, 7) is 0.506. The number of hydrogen-bond acceptors (Lipinski definition) is 2. The van der Waals surface area contributed by atoms with Crippen LogP contribution >= 0.6 is 11.6 Å². The van der Waals surface area contributed by atoms with Gasteiger partial charge < -0.3 is 10.5 Å². The lowest BCUT2D eigenvalue weighted by molar-refractivity contribution is 0.409. The van der Waals surface area contributed by atoms with Crippen molar-refractivity contribution in [3.8, 4) is 5.75 Å². The van der Waals surface area contributed by atoms with Crippen LogP contribution in [0.1, 0.15) is 36.0 Å². The summed E-state index contributed by atoms with van der Waals surface area (Å²) in [6, 6.07) is 2.06. The third-order valence-electron chi connectivity index (χ3n) is 3.32. The highest BCUT2D eigenvalue weighted by Crippen LogP contribution is 2.36. The summed E-state index contributed by atoms with van der Waals surface area (Å²) in [4.78, 5) is 0. The Morgan fingerprint density at radius 1 is 1.31 bits per heavy atom. The average molecular weight is 240 g/mol. The summed E-state index contributed by atoms with van der Waals surface area (Å²) in [5, 5.41) is 0.698. The van der Waals surface area contributed by atoms with Gasteiger partial charge in [-0.15, -0.1) is 0 Å². The molecule has 0 aromatic heterocycles. The van der Waals surface area contributed by atoms with Crippen molar-refractivity contribution in [2.45, 2.75) is 38.6 Å². The molecule has 3 heteroatoms. The Hall–Kier alpha value is -0.730. The molecule has 0 fully saturated rings. The summed E-state index contributed by atoms with van der Waals surface area (Å²) in [5.74, 6) is 0.768. The topological polar surface area (TPSA) is 35.2 Å². The second kappa shape index (κ2) is 5.07. The molecule has 2 N–H and O–H groups in total. The van der Waals surface area contributed by atoms with E-state index in [1.54, 1.807) is 7.11 Å². The zero-order valence-electron chi connectivity index (χ0n) is 9.68. The largest absolute Gasteiger partial charge is 0.495 e. The first-order chi connectivity index (χ1) is 7.77. The normalized spacial score (nSPS) is 15.4. The van der Waals surface area contributed by atoms with Crippen LogP contribution in [0.5, 0.6) is 5.75 Å². The number of ether oxygens (including phenoxy) is 1. The molecule has 1 aromatic rings. The lowest BCUT2D eigenvalue weighted by Crippen LogP contribution is -2.07. The second-order valence-corrected chi connectivity index (χ2v) is 4.68. The molecule has 0 spiro atoms. The van der Waals surface area contributed by atoms with Gasteiger partial charge in [0.25, 0.3) is 0 Å². The third-order valence-corrected chi connectivity index (χ3v) is 3.61. The van der Waals surface area contributed by atoms with E-state index in [9.17, 15) is 0 Å². The van der Waals surface area contributed by atoms with Crippen molar-refractivity contribution in [1.82, 2.24) is 0 Å². The van der Waals surface area contributed by atoms with Gasteiger partial charge in [0.05, 0.1) is 12.1 Å². The summed E-state index contributed by atoms with van der Waals surface area (Å²) in [7, 11) is 1.66. The van der Waals surface area contributed by atoms with Gasteiger partial charge >= 0.3 is 0 Å². The fourth-order valence-electron chi connectivity index (χ4n) is 2.55. The van der Waals surface area contributed by atoms with Gasteiger partial charge in [0.2, 0.25) is 0 Å². The molecule has 0 atom stereocenters. The van der Waals surface area contributed by atoms with E-state index in [2.05, 4.69) is 6.07 Å². The summed E-state index contributed by atoms with van der Waals surface area (Å²) < 4.78 is 5.36. The van der Waals surface area contributed by atoms with Crippen LogP contribution in [-0.2, 0) is 19.4 Å². The van der Waals surface area contributed by atoms with E-state index in [0.29, 0.717) is 11.6 Å². The van der Waals surface area contributed by atoms with Gasteiger partial charge in [0.15, 0.2) is 0 Å². The van der Waals surface area contributed by atoms with Gasteiger partial charge in [0.1, 0.15) is 5.75 Å². The smallest absolute Gasteiger partial charge is 0.142 e. The van der Waals surface area contributed by atoms with Crippen molar-refractivity contribution in [2.75, 3.05) is 7.11 Å². The van der Waals surface area contributed by atoms with Crippen molar-refractivity contribution in [3.05, 3.63) is 27.8 Å². The number of nitrogens with two attached hydrogens (primary N) is 1. The van der Waals surface area contributed by atoms with Crippen molar-refractivity contribution in [3.63, 3.8) is 0 Å². The standard InChI is InChI=1S/C13H18ClNO/c1-16-13-11(8-15)10-6-4-2-3-5-9(10)7-12(13)14/h7H,2-6,8,15H2,1H3. The van der Waals surface area contributed by atoms with E-state index in [-0.39, 0.29) is 0 Å². The quantitative estimate of drug-likeness (QED) is 0.805. The SMILES string of the molecule is COc1c(Cl)cc2c(c1CN)CCCCC2. The van der Waals surface area contributed by atoms with Crippen LogP contribution in [0.4, 0.5) is 0 Å².